The van der Waals surface area contributed by atoms with Crippen LogP contribution in [0.1, 0.15) is 93.3 Å². The van der Waals surface area contributed by atoms with Gasteiger partial charge in [0.1, 0.15) is 12.7 Å². The number of methoxy groups -OCH3 is 2. The quantitative estimate of drug-likeness (QED) is 0.346. The molecule has 0 bridgehead atoms. The maximum Gasteiger partial charge on any atom is 0.409 e. The third kappa shape index (κ3) is 9.28. The summed E-state index contributed by atoms with van der Waals surface area (Å²) in [6.45, 7) is 9.64. The molecule has 1 saturated heterocycles. The van der Waals surface area contributed by atoms with E-state index in [0.29, 0.717) is 31.7 Å². The Labute approximate surface area is 303 Å². The van der Waals surface area contributed by atoms with Crippen molar-refractivity contribution >= 4 is 17.8 Å². The van der Waals surface area contributed by atoms with E-state index in [0.717, 1.165) is 86.6 Å². The van der Waals surface area contributed by atoms with E-state index >= 15 is 0 Å². The normalized spacial score (nSPS) is 21.3. The largest absolute Gasteiger partial charge is 0.453 e. The predicted molar refractivity (Wildman–Crippen MR) is 199 cm³/mol. The van der Waals surface area contributed by atoms with E-state index in [9.17, 15) is 9.59 Å². The lowest BCUT2D eigenvalue weighted by molar-refractivity contribution is 0.110. The summed E-state index contributed by atoms with van der Waals surface area (Å²) >= 11 is 0. The molecule has 1 aromatic carbocycles. The molecular weight excluding hydrogens is 644 g/mol. The topological polar surface area (TPSA) is 126 Å². The number of ether oxygens (including phenoxy) is 2. The van der Waals surface area contributed by atoms with Crippen molar-refractivity contribution in [3.05, 3.63) is 88.5 Å². The first kappa shape index (κ1) is 39.4. The fourth-order valence-corrected chi connectivity index (χ4v) is 7.38. The summed E-state index contributed by atoms with van der Waals surface area (Å²) in [5.41, 5.74) is 9.17. The molecule has 7 rings (SSSR count). The second kappa shape index (κ2) is 18.2. The summed E-state index contributed by atoms with van der Waals surface area (Å²) in [7, 11) is 2.86. The van der Waals surface area contributed by atoms with Gasteiger partial charge in [-0.25, -0.2) is 29.5 Å². The molecular formula is C39H56N8O4. The van der Waals surface area contributed by atoms with E-state index in [1.165, 1.54) is 30.9 Å². The van der Waals surface area contributed by atoms with Crippen LogP contribution in [0.2, 0.25) is 0 Å². The highest BCUT2D eigenvalue weighted by Crippen LogP contribution is 2.32. The van der Waals surface area contributed by atoms with E-state index in [2.05, 4.69) is 74.3 Å². The molecule has 0 radical (unpaired) electrons. The zero-order valence-electron chi connectivity index (χ0n) is 29.1. The van der Waals surface area contributed by atoms with Crippen LogP contribution in [-0.2, 0) is 41.9 Å². The maximum absolute atomic E-state index is 12.0. The SMILES string of the molecule is C.C.COC(=O)N1CCC=C(c2ncnc3c2CN(Cc2ccccc2)[C@H](C)C3)C1.COC(=O)N1CCCC(c2ncnc3c2CN[C@H](C)C3)C1. The number of fused-ring (bicyclic) bond motifs is 2. The Morgan fingerprint density at radius 2 is 1.57 bits per heavy atom. The van der Waals surface area contributed by atoms with Gasteiger partial charge in [-0.15, -0.1) is 0 Å². The Hall–Kier alpha value is -4.42. The van der Waals surface area contributed by atoms with Crippen LogP contribution in [0.4, 0.5) is 9.59 Å². The molecule has 276 valence electrons. The molecule has 3 aromatic rings. The number of carbonyl (C=O) groups excluding carboxylic acids is 2. The number of hydrogen-bond acceptors (Lipinski definition) is 10. The highest BCUT2D eigenvalue weighted by molar-refractivity contribution is 5.75. The Bertz CT molecular complexity index is 1650. The van der Waals surface area contributed by atoms with Crippen molar-refractivity contribution in [2.24, 2.45) is 0 Å². The number of rotatable bonds is 4. The Morgan fingerprint density at radius 3 is 2.31 bits per heavy atom. The lowest BCUT2D eigenvalue weighted by atomic mass is 9.89. The summed E-state index contributed by atoms with van der Waals surface area (Å²) in [6, 6.07) is 11.4. The van der Waals surface area contributed by atoms with Gasteiger partial charge in [-0.2, -0.15) is 0 Å². The van der Waals surface area contributed by atoms with Gasteiger partial charge < -0.3 is 24.6 Å². The minimum absolute atomic E-state index is 0. The van der Waals surface area contributed by atoms with Gasteiger partial charge in [-0.3, -0.25) is 4.90 Å². The molecule has 1 unspecified atom stereocenters. The first-order valence-corrected chi connectivity index (χ1v) is 17.4. The van der Waals surface area contributed by atoms with Crippen LogP contribution in [0, 0.1) is 0 Å². The van der Waals surface area contributed by atoms with Crippen LogP contribution in [-0.4, -0.2) is 99.3 Å². The number of aromatic nitrogens is 4. The predicted octanol–water partition coefficient (Wildman–Crippen LogP) is 6.01. The standard InChI is InChI=1S/C22H26N4O2.C15H22N4O2.2CH4/c1-16-11-20-19(14-26(16)12-17-7-4-3-5-8-17)21(24-15-23-20)18-9-6-10-25(13-18)22(27)28-2;1-10-6-13-12(7-16-10)14(18-9-17-13)11-4-3-5-19(8-11)15(20)21-2;;/h3-5,7-9,15-16H,6,10-14H2,1-2H3;9-11,16H,3-8H2,1-2H3;2*1H4/t16-;10-,11?;;/m11../s1. The van der Waals surface area contributed by atoms with Crippen LogP contribution in [0.3, 0.4) is 0 Å². The first-order valence-electron chi connectivity index (χ1n) is 17.4. The van der Waals surface area contributed by atoms with Crippen LogP contribution in [0.25, 0.3) is 5.57 Å². The third-order valence-electron chi connectivity index (χ3n) is 10.1. The number of amides is 2. The van der Waals surface area contributed by atoms with E-state index in [1.807, 2.05) is 6.07 Å². The zero-order chi connectivity index (χ0) is 34.3. The van der Waals surface area contributed by atoms with Gasteiger partial charge in [0.25, 0.3) is 0 Å². The second-order valence-corrected chi connectivity index (χ2v) is 13.4. The number of nitrogens with one attached hydrogen (secondary N) is 1. The smallest absolute Gasteiger partial charge is 0.409 e. The molecule has 6 heterocycles. The van der Waals surface area contributed by atoms with Gasteiger partial charge in [0.2, 0.25) is 0 Å². The minimum atomic E-state index is -0.284. The van der Waals surface area contributed by atoms with Crippen LogP contribution in [0.5, 0.6) is 0 Å². The van der Waals surface area contributed by atoms with Gasteiger partial charge in [0.05, 0.1) is 43.5 Å². The molecule has 3 atom stereocenters. The summed E-state index contributed by atoms with van der Waals surface area (Å²) in [6.07, 6.45) is 9.71. The van der Waals surface area contributed by atoms with Crippen molar-refractivity contribution in [1.29, 1.82) is 0 Å². The number of piperidine rings is 1. The second-order valence-electron chi connectivity index (χ2n) is 13.4. The van der Waals surface area contributed by atoms with Crippen molar-refractivity contribution in [3.8, 4) is 0 Å². The van der Waals surface area contributed by atoms with Crippen LogP contribution < -0.4 is 5.32 Å². The summed E-state index contributed by atoms with van der Waals surface area (Å²) in [4.78, 5) is 47.8. The van der Waals surface area contributed by atoms with Crippen molar-refractivity contribution in [1.82, 2.24) is 40.0 Å². The van der Waals surface area contributed by atoms with Crippen molar-refractivity contribution < 1.29 is 19.1 Å². The Morgan fingerprint density at radius 1 is 0.863 bits per heavy atom. The van der Waals surface area contributed by atoms with Crippen molar-refractivity contribution in [2.75, 3.05) is 40.4 Å². The maximum atomic E-state index is 12.0. The number of carbonyl (C=O) groups is 2. The fraction of sp³-hybridized carbons (Fsp3) is 0.538. The van der Waals surface area contributed by atoms with Crippen molar-refractivity contribution in [3.63, 3.8) is 0 Å². The molecule has 2 amide bonds. The highest BCUT2D eigenvalue weighted by Gasteiger charge is 2.31. The minimum Gasteiger partial charge on any atom is -0.453 e. The van der Waals surface area contributed by atoms with Gasteiger partial charge in [0, 0.05) is 81.2 Å². The molecule has 4 aliphatic rings. The molecule has 51 heavy (non-hydrogen) atoms. The molecule has 0 spiro atoms. The van der Waals surface area contributed by atoms with E-state index < -0.39 is 0 Å². The monoisotopic (exact) mass is 700 g/mol. The van der Waals surface area contributed by atoms with Gasteiger partial charge in [-0.1, -0.05) is 51.3 Å². The zero-order valence-corrected chi connectivity index (χ0v) is 29.1. The number of nitrogens with zero attached hydrogens (tertiary/aromatic N) is 7. The first-order chi connectivity index (χ1) is 23.8. The molecule has 0 saturated carbocycles. The molecule has 2 aromatic heterocycles. The molecule has 1 N–H and O–H groups in total. The molecule has 12 heteroatoms. The molecule has 1 fully saturated rings. The van der Waals surface area contributed by atoms with Gasteiger partial charge in [0.15, 0.2) is 0 Å². The van der Waals surface area contributed by atoms with Crippen LogP contribution in [0.15, 0.2) is 49.1 Å². The van der Waals surface area contributed by atoms with Crippen LogP contribution >= 0.6 is 0 Å². The Balaban J connectivity index is 0.000000228. The lowest BCUT2D eigenvalue weighted by Gasteiger charge is -2.35. The Kier molecular flexibility index (Phi) is 14.0. The number of likely N-dealkylation sites (tertiary alicyclic amines) is 1. The summed E-state index contributed by atoms with van der Waals surface area (Å²) in [5, 5.41) is 3.48. The van der Waals surface area contributed by atoms with Gasteiger partial charge >= 0.3 is 12.2 Å². The van der Waals surface area contributed by atoms with E-state index in [-0.39, 0.29) is 33.0 Å². The molecule has 12 nitrogen and oxygen atoms in total. The summed E-state index contributed by atoms with van der Waals surface area (Å²) < 4.78 is 9.75. The lowest BCUT2D eigenvalue weighted by Crippen LogP contribution is -2.40. The number of benzene rings is 1. The third-order valence-corrected chi connectivity index (χ3v) is 10.1. The average Bonchev–Trinajstić information content (AvgIpc) is 3.14. The van der Waals surface area contributed by atoms with E-state index in [1.54, 1.807) is 22.5 Å². The molecule has 0 aliphatic carbocycles. The van der Waals surface area contributed by atoms with Crippen molar-refractivity contribution in [2.45, 2.75) is 98.4 Å². The average molecular weight is 701 g/mol. The highest BCUT2D eigenvalue weighted by atomic mass is 16.5. The molecule has 4 aliphatic heterocycles. The number of hydrogen-bond donors (Lipinski definition) is 1. The van der Waals surface area contributed by atoms with Gasteiger partial charge in [-0.05, 0) is 44.2 Å². The fourth-order valence-electron chi connectivity index (χ4n) is 7.38. The summed E-state index contributed by atoms with van der Waals surface area (Å²) in [5.74, 6) is 0.282. The van der Waals surface area contributed by atoms with E-state index in [4.69, 9.17) is 9.47 Å².